The van der Waals surface area contributed by atoms with Gasteiger partial charge in [-0.2, -0.15) is 0 Å². The maximum atomic E-state index is 12.6. The molecule has 1 aromatic heterocycles. The summed E-state index contributed by atoms with van der Waals surface area (Å²) in [6.45, 7) is 2.46. The first-order chi connectivity index (χ1) is 11.3. The fourth-order valence-electron chi connectivity index (χ4n) is 2.81. The molecule has 1 amide bonds. The number of benzene rings is 1. The van der Waals surface area contributed by atoms with E-state index in [0.717, 1.165) is 37.0 Å². The highest BCUT2D eigenvalue weighted by Gasteiger charge is 2.24. The molecule has 23 heavy (non-hydrogen) atoms. The first-order valence-electron chi connectivity index (χ1n) is 7.80. The monoisotopic (exact) mass is 309 g/mol. The number of hydrogen-bond donors (Lipinski definition) is 0. The van der Waals surface area contributed by atoms with E-state index in [2.05, 4.69) is 15.9 Å². The quantitative estimate of drug-likeness (QED) is 0.641. The third kappa shape index (κ3) is 3.66. The number of rotatable bonds is 4. The van der Waals surface area contributed by atoms with Crippen molar-refractivity contribution in [3.63, 3.8) is 0 Å². The third-order valence-corrected chi connectivity index (χ3v) is 4.11. The third-order valence-electron chi connectivity index (χ3n) is 4.11. The predicted octanol–water partition coefficient (Wildman–Crippen LogP) is 2.13. The number of para-hydroxylation sites is 2. The van der Waals surface area contributed by atoms with Crippen LogP contribution in [0.4, 0.5) is 0 Å². The lowest BCUT2D eigenvalue weighted by molar-refractivity contribution is 0.0577. The molecule has 0 bridgehead atoms. The van der Waals surface area contributed by atoms with Crippen molar-refractivity contribution in [3.8, 4) is 12.3 Å². The summed E-state index contributed by atoms with van der Waals surface area (Å²) in [6, 6.07) is 7.56. The maximum absolute atomic E-state index is 12.6. The number of piperidine rings is 1. The molecular weight excluding hydrogens is 290 g/mol. The van der Waals surface area contributed by atoms with Gasteiger partial charge in [0.25, 0.3) is 5.91 Å². The number of carbonyl (C=O) groups excluding carboxylic acids is 1. The van der Waals surface area contributed by atoms with Crippen LogP contribution in [0, 0.1) is 18.3 Å². The molecule has 5 nitrogen and oxygen atoms in total. The Hall–Kier alpha value is -2.45. The van der Waals surface area contributed by atoms with E-state index in [0.29, 0.717) is 24.8 Å². The van der Waals surface area contributed by atoms with Crippen LogP contribution in [0.25, 0.3) is 11.0 Å². The van der Waals surface area contributed by atoms with E-state index in [1.807, 2.05) is 29.2 Å². The van der Waals surface area contributed by atoms with Gasteiger partial charge in [-0.15, -0.1) is 6.42 Å². The molecule has 1 aromatic carbocycles. The second-order valence-corrected chi connectivity index (χ2v) is 5.70. The molecule has 3 rings (SSSR count). The second-order valence-electron chi connectivity index (χ2n) is 5.70. The molecule has 0 aliphatic carbocycles. The van der Waals surface area contributed by atoms with Crippen molar-refractivity contribution in [3.05, 3.63) is 36.2 Å². The number of hydrogen-bond acceptors (Lipinski definition) is 4. The van der Waals surface area contributed by atoms with Crippen molar-refractivity contribution in [1.82, 2.24) is 14.9 Å². The van der Waals surface area contributed by atoms with Gasteiger partial charge in [0.15, 0.2) is 0 Å². The van der Waals surface area contributed by atoms with E-state index >= 15 is 0 Å². The van der Waals surface area contributed by atoms with Crippen molar-refractivity contribution >= 4 is 16.9 Å². The average molecular weight is 309 g/mol. The summed E-state index contributed by atoms with van der Waals surface area (Å²) in [4.78, 5) is 23.2. The summed E-state index contributed by atoms with van der Waals surface area (Å²) in [6.07, 6.45) is 8.59. The lowest BCUT2D eigenvalue weighted by Crippen LogP contribution is -2.39. The molecule has 0 saturated carbocycles. The summed E-state index contributed by atoms with van der Waals surface area (Å²) in [5.41, 5.74) is 1.95. The zero-order valence-corrected chi connectivity index (χ0v) is 12.9. The highest BCUT2D eigenvalue weighted by Crippen LogP contribution is 2.19. The van der Waals surface area contributed by atoms with Crippen molar-refractivity contribution < 1.29 is 9.53 Å². The van der Waals surface area contributed by atoms with Gasteiger partial charge in [-0.05, 0) is 30.9 Å². The molecule has 1 fully saturated rings. The predicted molar refractivity (Wildman–Crippen MR) is 87.8 cm³/mol. The highest BCUT2D eigenvalue weighted by atomic mass is 16.5. The number of fused-ring (bicyclic) bond motifs is 1. The van der Waals surface area contributed by atoms with Crippen molar-refractivity contribution in [1.29, 1.82) is 0 Å². The number of carbonyl (C=O) groups is 1. The van der Waals surface area contributed by atoms with Crippen LogP contribution in [-0.4, -0.2) is 47.1 Å². The van der Waals surface area contributed by atoms with E-state index in [4.69, 9.17) is 11.2 Å². The van der Waals surface area contributed by atoms with Crippen LogP contribution in [0.3, 0.4) is 0 Å². The van der Waals surface area contributed by atoms with Gasteiger partial charge in [0, 0.05) is 13.1 Å². The van der Waals surface area contributed by atoms with Gasteiger partial charge in [0.05, 0.1) is 23.8 Å². The lowest BCUT2D eigenvalue weighted by atomic mass is 9.97. The topological polar surface area (TPSA) is 55.3 Å². The van der Waals surface area contributed by atoms with Crippen LogP contribution >= 0.6 is 0 Å². The van der Waals surface area contributed by atoms with Gasteiger partial charge >= 0.3 is 0 Å². The van der Waals surface area contributed by atoms with E-state index in [9.17, 15) is 4.79 Å². The molecule has 1 aliphatic rings. The van der Waals surface area contributed by atoms with Crippen LogP contribution in [0.1, 0.15) is 23.3 Å². The van der Waals surface area contributed by atoms with Gasteiger partial charge in [0.2, 0.25) is 0 Å². The number of amides is 1. The van der Waals surface area contributed by atoms with Crippen LogP contribution in [0.2, 0.25) is 0 Å². The fourth-order valence-corrected chi connectivity index (χ4v) is 2.81. The number of aromatic nitrogens is 2. The van der Waals surface area contributed by atoms with Crippen LogP contribution < -0.4 is 0 Å². The Balaban J connectivity index is 1.61. The average Bonchev–Trinajstić information content (AvgIpc) is 2.61. The van der Waals surface area contributed by atoms with Gasteiger partial charge in [-0.1, -0.05) is 18.1 Å². The Morgan fingerprint density at radius 2 is 2.04 bits per heavy atom. The fraction of sp³-hybridized carbons (Fsp3) is 0.389. The summed E-state index contributed by atoms with van der Waals surface area (Å²) < 4.78 is 5.39. The number of likely N-dealkylation sites (tertiary alicyclic amines) is 1. The Morgan fingerprint density at radius 1 is 1.30 bits per heavy atom. The molecule has 0 spiro atoms. The van der Waals surface area contributed by atoms with E-state index < -0.39 is 0 Å². The van der Waals surface area contributed by atoms with Crippen molar-refractivity contribution in [2.24, 2.45) is 5.92 Å². The minimum atomic E-state index is -0.0498. The van der Waals surface area contributed by atoms with Crippen molar-refractivity contribution in [2.75, 3.05) is 26.3 Å². The van der Waals surface area contributed by atoms with Crippen LogP contribution in [-0.2, 0) is 4.74 Å². The molecule has 118 valence electrons. The maximum Gasteiger partial charge on any atom is 0.274 e. The molecule has 0 unspecified atom stereocenters. The molecular formula is C18H19N3O2. The number of nitrogens with zero attached hydrogens (tertiary/aromatic N) is 3. The Bertz CT molecular complexity index is 730. The number of ether oxygens (including phenoxy) is 1. The first-order valence-corrected chi connectivity index (χ1v) is 7.80. The lowest BCUT2D eigenvalue weighted by Gasteiger charge is -2.31. The standard InChI is InChI=1S/C18H19N3O2/c1-2-11-23-13-14-7-9-21(10-8-14)18(22)17-12-19-15-5-3-4-6-16(15)20-17/h1,3-6,12,14H,7-11,13H2. The minimum absolute atomic E-state index is 0.0498. The summed E-state index contributed by atoms with van der Waals surface area (Å²) in [7, 11) is 0. The van der Waals surface area contributed by atoms with E-state index in [-0.39, 0.29) is 5.91 Å². The van der Waals surface area contributed by atoms with E-state index in [1.54, 1.807) is 6.20 Å². The number of terminal acetylenes is 1. The highest BCUT2D eigenvalue weighted by molar-refractivity contribution is 5.93. The first kappa shape index (κ1) is 15.4. The largest absolute Gasteiger partial charge is 0.369 e. The molecule has 2 heterocycles. The van der Waals surface area contributed by atoms with E-state index in [1.165, 1.54) is 0 Å². The zero-order chi connectivity index (χ0) is 16.1. The molecule has 0 N–H and O–H groups in total. The minimum Gasteiger partial charge on any atom is -0.369 e. The normalized spacial score (nSPS) is 15.5. The Kier molecular flexibility index (Phi) is 4.84. The van der Waals surface area contributed by atoms with Gasteiger partial charge in [-0.25, -0.2) is 4.98 Å². The molecule has 2 aromatic rings. The SMILES string of the molecule is C#CCOCC1CCN(C(=O)c2cnc3ccccc3n2)CC1. The summed E-state index contributed by atoms with van der Waals surface area (Å²) in [5, 5.41) is 0. The van der Waals surface area contributed by atoms with Gasteiger partial charge in [0.1, 0.15) is 12.3 Å². The molecule has 5 heteroatoms. The van der Waals surface area contributed by atoms with Gasteiger partial charge < -0.3 is 9.64 Å². The van der Waals surface area contributed by atoms with Gasteiger partial charge in [-0.3, -0.25) is 9.78 Å². The molecule has 0 atom stereocenters. The molecule has 1 saturated heterocycles. The summed E-state index contributed by atoms with van der Waals surface area (Å²) in [5.74, 6) is 2.89. The Morgan fingerprint density at radius 3 is 2.78 bits per heavy atom. The molecule has 0 radical (unpaired) electrons. The second kappa shape index (κ2) is 7.21. The smallest absolute Gasteiger partial charge is 0.274 e. The van der Waals surface area contributed by atoms with Crippen molar-refractivity contribution in [2.45, 2.75) is 12.8 Å². The zero-order valence-electron chi connectivity index (χ0n) is 12.9. The van der Waals surface area contributed by atoms with Crippen LogP contribution in [0.5, 0.6) is 0 Å². The summed E-state index contributed by atoms with van der Waals surface area (Å²) >= 11 is 0. The Labute approximate surface area is 135 Å². The van der Waals surface area contributed by atoms with Crippen LogP contribution in [0.15, 0.2) is 30.5 Å². The molecule has 1 aliphatic heterocycles.